The van der Waals surface area contributed by atoms with Crippen molar-refractivity contribution < 1.29 is 33.3 Å². The number of fused-ring (bicyclic) bond motifs is 5. The minimum absolute atomic E-state index is 0.0616. The van der Waals surface area contributed by atoms with E-state index in [4.69, 9.17) is 28.9 Å². The Morgan fingerprint density at radius 3 is 2.47 bits per heavy atom. The molecule has 1 aliphatic carbocycles. The predicted molar refractivity (Wildman–Crippen MR) is 169 cm³/mol. The highest BCUT2D eigenvalue weighted by atomic mass is 16.6. The smallest absolute Gasteiger partial charge is 0.329 e. The van der Waals surface area contributed by atoms with Crippen molar-refractivity contribution in [3.63, 3.8) is 0 Å². The van der Waals surface area contributed by atoms with Crippen molar-refractivity contribution in [2.24, 2.45) is 23.2 Å². The molecular weight excluding hydrogens is 574 g/mol. The minimum atomic E-state index is -0.912. The zero-order chi connectivity index (χ0) is 32.7. The van der Waals surface area contributed by atoms with E-state index in [0.717, 1.165) is 25.7 Å². The number of hydrogen-bond donors (Lipinski definition) is 0. The molecule has 2 fully saturated rings. The molecule has 0 unspecified atom stereocenters. The normalized spacial score (nSPS) is 28.6. The second-order valence-corrected chi connectivity index (χ2v) is 14.7. The number of aromatic nitrogens is 2. The van der Waals surface area contributed by atoms with Crippen LogP contribution < -0.4 is 9.47 Å². The first-order valence-electron chi connectivity index (χ1n) is 16.1. The van der Waals surface area contributed by atoms with Crippen LogP contribution in [0.5, 0.6) is 11.6 Å². The van der Waals surface area contributed by atoms with Gasteiger partial charge in [-0.3, -0.25) is 9.59 Å². The largest absolute Gasteiger partial charge is 0.497 e. The van der Waals surface area contributed by atoms with Crippen molar-refractivity contribution in [2.75, 3.05) is 13.7 Å². The number of methoxy groups -OCH3 is 1. The first kappa shape index (κ1) is 32.7. The van der Waals surface area contributed by atoms with Crippen LogP contribution in [0.4, 0.5) is 0 Å². The molecule has 10 nitrogen and oxygen atoms in total. The fraction of sp³-hybridized carbons (Fsp3) is 0.629. The fourth-order valence-corrected chi connectivity index (χ4v) is 6.24. The second-order valence-electron chi connectivity index (χ2n) is 14.7. The number of nitrogens with zero attached hydrogens (tertiary/aromatic N) is 3. The van der Waals surface area contributed by atoms with Crippen LogP contribution >= 0.6 is 0 Å². The van der Waals surface area contributed by atoms with E-state index < -0.39 is 41.0 Å². The van der Waals surface area contributed by atoms with Gasteiger partial charge in [-0.2, -0.15) is 0 Å². The molecule has 10 heteroatoms. The van der Waals surface area contributed by atoms with Crippen molar-refractivity contribution in [1.82, 2.24) is 14.9 Å². The van der Waals surface area contributed by atoms with E-state index in [0.29, 0.717) is 34.3 Å². The summed E-state index contributed by atoms with van der Waals surface area (Å²) in [5.41, 5.74) is 0.554. The number of carbonyl (C=O) groups is 3. The van der Waals surface area contributed by atoms with Gasteiger partial charge < -0.3 is 23.8 Å². The molecule has 6 atom stereocenters. The third kappa shape index (κ3) is 7.59. The Morgan fingerprint density at radius 1 is 1.02 bits per heavy atom. The Labute approximate surface area is 265 Å². The molecule has 3 heterocycles. The molecule has 0 N–H and O–H groups in total. The van der Waals surface area contributed by atoms with Crippen molar-refractivity contribution in [3.05, 3.63) is 30.0 Å². The van der Waals surface area contributed by atoms with E-state index in [1.807, 2.05) is 45.9 Å². The number of carbonyl (C=O) groups excluding carboxylic acids is 3. The highest BCUT2D eigenvalue weighted by Crippen LogP contribution is 2.41. The summed E-state index contributed by atoms with van der Waals surface area (Å²) in [5, 5.41) is 0. The predicted octanol–water partition coefficient (Wildman–Crippen LogP) is 5.76. The summed E-state index contributed by atoms with van der Waals surface area (Å²) in [4.78, 5) is 52.5. The van der Waals surface area contributed by atoms with Gasteiger partial charge in [-0.05, 0) is 76.0 Å². The summed E-state index contributed by atoms with van der Waals surface area (Å²) < 4.78 is 23.6. The highest BCUT2D eigenvalue weighted by Gasteiger charge is 2.51. The zero-order valence-electron chi connectivity index (χ0n) is 27.8. The molecule has 3 aliphatic rings. The maximum absolute atomic E-state index is 14.4. The molecule has 2 aliphatic heterocycles. The Bertz CT molecular complexity index is 1470. The van der Waals surface area contributed by atoms with Crippen LogP contribution in [0.25, 0.3) is 17.1 Å². The van der Waals surface area contributed by atoms with E-state index in [1.54, 1.807) is 38.8 Å². The van der Waals surface area contributed by atoms with Crippen molar-refractivity contribution in [1.29, 1.82) is 0 Å². The van der Waals surface area contributed by atoms with Crippen LogP contribution in [0.3, 0.4) is 0 Å². The summed E-state index contributed by atoms with van der Waals surface area (Å²) in [6.45, 7) is 13.2. The van der Waals surface area contributed by atoms with Crippen LogP contribution in [0.1, 0.15) is 86.3 Å². The summed E-state index contributed by atoms with van der Waals surface area (Å²) in [6, 6.07) is 4.59. The number of ether oxygens (including phenoxy) is 4. The molecule has 2 bridgehead atoms. The molecule has 1 saturated carbocycles. The number of benzene rings is 1. The summed E-state index contributed by atoms with van der Waals surface area (Å²) in [6.07, 6.45) is 6.78. The Morgan fingerprint density at radius 2 is 1.78 bits per heavy atom. The van der Waals surface area contributed by atoms with Crippen LogP contribution in [0.15, 0.2) is 24.3 Å². The highest BCUT2D eigenvalue weighted by molar-refractivity contribution is 5.90. The summed E-state index contributed by atoms with van der Waals surface area (Å²) in [5.74, 6) is -1.03. The number of rotatable bonds is 2. The zero-order valence-corrected chi connectivity index (χ0v) is 27.8. The first-order valence-corrected chi connectivity index (χ1v) is 16.1. The molecule has 244 valence electrons. The first-order chi connectivity index (χ1) is 21.1. The van der Waals surface area contributed by atoms with Gasteiger partial charge in [0.1, 0.15) is 35.3 Å². The molecule has 2 aromatic rings. The molecule has 1 aromatic heterocycles. The summed E-state index contributed by atoms with van der Waals surface area (Å²) in [7, 11) is 1.60. The van der Waals surface area contributed by atoms with E-state index in [1.165, 1.54) is 0 Å². The van der Waals surface area contributed by atoms with Gasteiger partial charge in [-0.1, -0.05) is 33.8 Å². The Kier molecular flexibility index (Phi) is 9.16. The molecule has 5 rings (SSSR count). The molecular formula is C35H47N3O7. The quantitative estimate of drug-likeness (QED) is 0.386. The lowest BCUT2D eigenvalue weighted by Gasteiger charge is -2.35. The van der Waals surface area contributed by atoms with Gasteiger partial charge in [0.25, 0.3) is 0 Å². The lowest BCUT2D eigenvalue weighted by molar-refractivity contribution is -0.166. The van der Waals surface area contributed by atoms with Gasteiger partial charge in [0.05, 0.1) is 37.0 Å². The standard InChI is InChI=1S/C35H47N3O7/c1-20-28-19-38(30(20)33(41)45-35(5,6)7)32(40)23(34(2,3)4)18-29(39)43-27-16-21(27)12-10-9-11-13-25-31(44-28)37-26-17-22(42-8)14-15-24(26)36-25/h11,13-15,17,20-21,23,27-28,30H,9-10,12,16,18-19H2,1-8H3/b13-11+/t20-,21-,23-,27-,28+,30+/m1/s1. The molecule has 0 spiro atoms. The lowest BCUT2D eigenvalue weighted by atomic mass is 9.77. The Balaban J connectivity index is 1.56. The molecule has 45 heavy (non-hydrogen) atoms. The third-order valence-electron chi connectivity index (χ3n) is 8.93. The topological polar surface area (TPSA) is 117 Å². The van der Waals surface area contributed by atoms with Crippen molar-refractivity contribution >= 4 is 35.0 Å². The second kappa shape index (κ2) is 12.6. The number of amides is 1. The monoisotopic (exact) mass is 621 g/mol. The van der Waals surface area contributed by atoms with Crippen LogP contribution in [0.2, 0.25) is 0 Å². The lowest BCUT2D eigenvalue weighted by Crippen LogP contribution is -2.50. The SMILES string of the molecule is COc1ccc2nc3c(nc2c1)O[C@H]1CN(C(=O)[C@H](C(C)(C)C)CC(=O)O[C@@H]2C[C@H]2CCC/C=C/3)[C@H](C(=O)OC(C)(C)C)[C@@H]1C. The van der Waals surface area contributed by atoms with Gasteiger partial charge in [-0.15, -0.1) is 0 Å². The van der Waals surface area contributed by atoms with Gasteiger partial charge in [0.2, 0.25) is 11.8 Å². The third-order valence-corrected chi connectivity index (χ3v) is 8.93. The van der Waals surface area contributed by atoms with E-state index in [-0.39, 0.29) is 30.9 Å². The number of allylic oxidation sites excluding steroid dienone is 1. The molecule has 1 amide bonds. The molecule has 1 aromatic carbocycles. The number of esters is 2. The fourth-order valence-electron chi connectivity index (χ4n) is 6.24. The number of hydrogen-bond acceptors (Lipinski definition) is 9. The maximum atomic E-state index is 14.4. The van der Waals surface area contributed by atoms with Crippen LogP contribution in [0, 0.1) is 23.2 Å². The van der Waals surface area contributed by atoms with Crippen molar-refractivity contribution in [2.45, 2.75) is 104 Å². The average Bonchev–Trinajstić information content (AvgIpc) is 3.59. The molecule has 0 radical (unpaired) electrons. The van der Waals surface area contributed by atoms with E-state index >= 15 is 0 Å². The van der Waals surface area contributed by atoms with Gasteiger partial charge in [-0.25, -0.2) is 14.8 Å². The van der Waals surface area contributed by atoms with Gasteiger partial charge >= 0.3 is 11.9 Å². The average molecular weight is 622 g/mol. The Hall–Kier alpha value is -3.69. The van der Waals surface area contributed by atoms with Gasteiger partial charge in [0, 0.05) is 12.0 Å². The van der Waals surface area contributed by atoms with E-state index in [9.17, 15) is 14.4 Å². The van der Waals surface area contributed by atoms with Gasteiger partial charge in [0.15, 0.2) is 0 Å². The van der Waals surface area contributed by atoms with Crippen LogP contribution in [-0.4, -0.2) is 70.2 Å². The molecule has 1 saturated heterocycles. The van der Waals surface area contributed by atoms with E-state index in [2.05, 4.69) is 6.08 Å². The van der Waals surface area contributed by atoms with Crippen molar-refractivity contribution in [3.8, 4) is 11.6 Å². The summed E-state index contributed by atoms with van der Waals surface area (Å²) >= 11 is 0. The minimum Gasteiger partial charge on any atom is -0.497 e. The van der Waals surface area contributed by atoms with Crippen LogP contribution in [-0.2, 0) is 23.9 Å². The maximum Gasteiger partial charge on any atom is 0.329 e.